The smallest absolute Gasteiger partial charge is 0.269 e. The van der Waals surface area contributed by atoms with Crippen molar-refractivity contribution in [1.82, 2.24) is 10.4 Å². The molecule has 3 rings (SSSR count). The Morgan fingerprint density at radius 1 is 0.950 bits per heavy atom. The van der Waals surface area contributed by atoms with Gasteiger partial charge in [-0.25, -0.2) is 0 Å². The molecule has 0 bridgehead atoms. The largest absolute Gasteiger partial charge is 0.276 e. The normalized spacial score (nSPS) is 22.2. The summed E-state index contributed by atoms with van der Waals surface area (Å²) in [5, 5.41) is 4.72. The highest BCUT2D eigenvalue weighted by atomic mass is 16.7. The summed E-state index contributed by atoms with van der Waals surface area (Å²) in [6.45, 7) is 0. The Kier molecular flexibility index (Phi) is 3.50. The molecule has 4 heteroatoms. The maximum Gasteiger partial charge on any atom is 0.269 e. The highest BCUT2D eigenvalue weighted by molar-refractivity contribution is 5.85. The minimum absolute atomic E-state index is 0.0763. The third-order valence-corrected chi connectivity index (χ3v) is 3.47. The summed E-state index contributed by atoms with van der Waals surface area (Å²) >= 11 is 0. The lowest BCUT2D eigenvalue weighted by Gasteiger charge is -2.21. The highest BCUT2D eigenvalue weighted by Crippen LogP contribution is 2.32. The zero-order valence-electron chi connectivity index (χ0n) is 11.2. The summed E-state index contributed by atoms with van der Waals surface area (Å²) in [6, 6.07) is 19.1. The van der Waals surface area contributed by atoms with Crippen LogP contribution >= 0.6 is 0 Å². The van der Waals surface area contributed by atoms with E-state index in [4.69, 9.17) is 4.84 Å². The fourth-order valence-electron chi connectivity index (χ4n) is 2.50. The van der Waals surface area contributed by atoms with E-state index in [2.05, 4.69) is 5.32 Å². The molecule has 2 aromatic rings. The van der Waals surface area contributed by atoms with Crippen LogP contribution in [0.5, 0.6) is 0 Å². The number of hydroxylamine groups is 2. The van der Waals surface area contributed by atoms with Crippen molar-refractivity contribution in [2.45, 2.75) is 12.2 Å². The van der Waals surface area contributed by atoms with Gasteiger partial charge < -0.3 is 0 Å². The average Bonchev–Trinajstić information content (AvgIpc) is 2.86. The van der Waals surface area contributed by atoms with Gasteiger partial charge in [-0.1, -0.05) is 60.7 Å². The van der Waals surface area contributed by atoms with Crippen molar-refractivity contribution in [3.63, 3.8) is 0 Å². The topological polar surface area (TPSA) is 41.6 Å². The van der Waals surface area contributed by atoms with E-state index in [1.54, 1.807) is 0 Å². The van der Waals surface area contributed by atoms with Crippen LogP contribution in [0.2, 0.25) is 0 Å². The van der Waals surface area contributed by atoms with E-state index in [0.717, 1.165) is 11.1 Å². The molecule has 0 aliphatic carbocycles. The van der Waals surface area contributed by atoms with Gasteiger partial charge in [-0.3, -0.25) is 14.9 Å². The first-order valence-electron chi connectivity index (χ1n) is 6.54. The van der Waals surface area contributed by atoms with Crippen LogP contribution in [0, 0.1) is 0 Å². The van der Waals surface area contributed by atoms with Gasteiger partial charge in [-0.2, -0.15) is 5.06 Å². The summed E-state index contributed by atoms with van der Waals surface area (Å²) in [5.74, 6) is -0.0763. The van der Waals surface area contributed by atoms with Crippen molar-refractivity contribution < 1.29 is 9.63 Å². The zero-order chi connectivity index (χ0) is 13.9. The third kappa shape index (κ3) is 2.19. The second kappa shape index (κ2) is 5.45. The quantitative estimate of drug-likeness (QED) is 0.929. The van der Waals surface area contributed by atoms with E-state index in [9.17, 15) is 4.79 Å². The molecule has 0 radical (unpaired) electrons. The summed E-state index contributed by atoms with van der Waals surface area (Å²) in [6.07, 6.45) is -0.265. The number of carbonyl (C=O) groups is 1. The second-order valence-corrected chi connectivity index (χ2v) is 4.67. The van der Waals surface area contributed by atoms with Crippen LogP contribution in [0.3, 0.4) is 0 Å². The number of carbonyl (C=O) groups excluding carboxylic acids is 1. The molecule has 0 aromatic heterocycles. The van der Waals surface area contributed by atoms with Crippen molar-refractivity contribution in [3.8, 4) is 0 Å². The van der Waals surface area contributed by atoms with E-state index in [0.29, 0.717) is 0 Å². The zero-order valence-corrected chi connectivity index (χ0v) is 11.2. The molecular formula is C16H16N2O2. The van der Waals surface area contributed by atoms with Gasteiger partial charge in [0.1, 0.15) is 12.2 Å². The van der Waals surface area contributed by atoms with Crippen molar-refractivity contribution in [2.24, 2.45) is 0 Å². The molecule has 0 saturated carbocycles. The molecule has 1 heterocycles. The number of nitrogens with zero attached hydrogens (tertiary/aromatic N) is 1. The van der Waals surface area contributed by atoms with E-state index in [1.807, 2.05) is 60.7 Å². The minimum Gasteiger partial charge on any atom is -0.276 e. The lowest BCUT2D eigenvalue weighted by Crippen LogP contribution is -2.29. The number of hydrogen-bond donors (Lipinski definition) is 1. The van der Waals surface area contributed by atoms with Crippen LogP contribution in [0.25, 0.3) is 0 Å². The molecule has 1 aliphatic rings. The first-order chi connectivity index (χ1) is 9.81. The Morgan fingerprint density at radius 3 is 2.05 bits per heavy atom. The summed E-state index contributed by atoms with van der Waals surface area (Å²) in [7, 11) is 1.52. The van der Waals surface area contributed by atoms with Gasteiger partial charge in [0.2, 0.25) is 0 Å². The van der Waals surface area contributed by atoms with E-state index >= 15 is 0 Å². The van der Waals surface area contributed by atoms with Crippen molar-refractivity contribution >= 4 is 5.91 Å². The van der Waals surface area contributed by atoms with Crippen LogP contribution < -0.4 is 5.32 Å². The maximum absolute atomic E-state index is 12.5. The fraction of sp³-hybridized carbons (Fsp3) is 0.188. The molecule has 20 heavy (non-hydrogen) atoms. The summed E-state index contributed by atoms with van der Waals surface area (Å²) < 4.78 is 0. The molecule has 2 atom stereocenters. The maximum atomic E-state index is 12.5. The Hall–Kier alpha value is -2.17. The first kappa shape index (κ1) is 12.8. The van der Waals surface area contributed by atoms with Gasteiger partial charge in [0.25, 0.3) is 5.91 Å². The number of amides is 1. The summed E-state index contributed by atoms with van der Waals surface area (Å²) in [4.78, 5) is 17.7. The van der Waals surface area contributed by atoms with Crippen molar-refractivity contribution in [3.05, 3.63) is 71.8 Å². The molecular weight excluding hydrogens is 252 g/mol. The third-order valence-electron chi connectivity index (χ3n) is 3.47. The minimum atomic E-state index is -0.374. The number of hydrogen-bond acceptors (Lipinski definition) is 3. The Balaban J connectivity index is 1.93. The molecule has 1 amide bonds. The van der Waals surface area contributed by atoms with Crippen molar-refractivity contribution in [1.29, 1.82) is 0 Å². The van der Waals surface area contributed by atoms with Crippen molar-refractivity contribution in [2.75, 3.05) is 7.11 Å². The lowest BCUT2D eigenvalue weighted by atomic mass is 10.1. The molecule has 1 saturated heterocycles. The molecule has 0 unspecified atom stereocenters. The van der Waals surface area contributed by atoms with Crippen LogP contribution in [0.15, 0.2) is 60.7 Å². The first-order valence-corrected chi connectivity index (χ1v) is 6.54. The molecule has 102 valence electrons. The number of nitrogens with one attached hydrogen (secondary N) is 1. The number of rotatable bonds is 3. The predicted molar refractivity (Wildman–Crippen MR) is 75.4 cm³/mol. The standard InChI is InChI=1S/C16H16N2O2/c1-20-18-15(13-10-6-3-7-11-13)17-14(16(18)19)12-8-4-2-5-9-12/h2-11,14-15,17H,1H3/t14-,15+/m0/s1. The second-order valence-electron chi connectivity index (χ2n) is 4.67. The van der Waals surface area contributed by atoms with Gasteiger partial charge >= 0.3 is 0 Å². The average molecular weight is 268 g/mol. The van der Waals surface area contributed by atoms with Crippen LogP contribution in [-0.4, -0.2) is 18.1 Å². The van der Waals surface area contributed by atoms with E-state index in [-0.39, 0.29) is 18.1 Å². The van der Waals surface area contributed by atoms with Gasteiger partial charge in [-0.05, 0) is 11.1 Å². The van der Waals surface area contributed by atoms with Gasteiger partial charge in [0.15, 0.2) is 0 Å². The number of benzene rings is 2. The SMILES string of the molecule is CON1C(=O)[C@H](c2ccccc2)N[C@H]1c1ccccc1. The highest BCUT2D eigenvalue weighted by Gasteiger charge is 2.41. The Labute approximate surface area is 117 Å². The molecule has 0 spiro atoms. The van der Waals surface area contributed by atoms with Gasteiger partial charge in [0.05, 0.1) is 7.11 Å². The summed E-state index contributed by atoms with van der Waals surface area (Å²) in [5.41, 5.74) is 1.94. The molecule has 1 aliphatic heterocycles. The van der Waals surface area contributed by atoms with Crippen LogP contribution in [0.1, 0.15) is 23.3 Å². The molecule has 1 N–H and O–H groups in total. The Morgan fingerprint density at radius 2 is 1.50 bits per heavy atom. The van der Waals surface area contributed by atoms with E-state index < -0.39 is 0 Å². The molecule has 1 fully saturated rings. The molecule has 2 aromatic carbocycles. The van der Waals surface area contributed by atoms with Gasteiger partial charge in [-0.15, -0.1) is 0 Å². The monoisotopic (exact) mass is 268 g/mol. The predicted octanol–water partition coefficient (Wildman–Crippen LogP) is 2.42. The van der Waals surface area contributed by atoms with Crippen LogP contribution in [-0.2, 0) is 9.63 Å². The Bertz CT molecular complexity index is 586. The van der Waals surface area contributed by atoms with E-state index in [1.165, 1.54) is 12.2 Å². The fourth-order valence-corrected chi connectivity index (χ4v) is 2.50. The molecule has 4 nitrogen and oxygen atoms in total. The van der Waals surface area contributed by atoms with Gasteiger partial charge in [0, 0.05) is 0 Å². The lowest BCUT2D eigenvalue weighted by molar-refractivity contribution is -0.179. The van der Waals surface area contributed by atoms with Crippen LogP contribution in [0.4, 0.5) is 0 Å².